The lowest BCUT2D eigenvalue weighted by atomic mass is 9.85. The largest absolute Gasteiger partial charge is 0.393 e. The summed E-state index contributed by atoms with van der Waals surface area (Å²) in [5.74, 6) is -0.929. The Labute approximate surface area is 270 Å². The zero-order chi connectivity index (χ0) is 32.8. The number of carbonyl (C=O) groups excluding carboxylic acids is 1. The molecule has 5 N–H and O–H groups in total. The van der Waals surface area contributed by atoms with Crippen LogP contribution in [-0.4, -0.2) is 68.2 Å². The summed E-state index contributed by atoms with van der Waals surface area (Å²) in [5.41, 5.74) is 1.49. The monoisotopic (exact) mass is 682 g/mol. The fourth-order valence-corrected chi connectivity index (χ4v) is 11.5. The molecule has 2 heterocycles. The van der Waals surface area contributed by atoms with E-state index in [0.717, 1.165) is 5.56 Å². The number of sulfonamides is 1. The molecule has 0 saturated heterocycles. The first-order chi connectivity index (χ1) is 21.3. The average molecular weight is 683 g/mol. The molecule has 4 rings (SSSR count). The molecule has 1 amide bonds. The summed E-state index contributed by atoms with van der Waals surface area (Å²) in [6.07, 6.45) is 5.79. The van der Waals surface area contributed by atoms with E-state index in [4.69, 9.17) is 0 Å². The Kier molecular flexibility index (Phi) is 12.4. The molecular weight excluding hydrogens is 637 g/mol. The molecule has 1 aliphatic carbocycles. The van der Waals surface area contributed by atoms with Gasteiger partial charge in [0.05, 0.1) is 23.6 Å². The summed E-state index contributed by atoms with van der Waals surface area (Å²) < 4.78 is 53.6. The van der Waals surface area contributed by atoms with E-state index in [1.165, 1.54) is 6.07 Å². The molecule has 2 aromatic rings. The van der Waals surface area contributed by atoms with Crippen molar-refractivity contribution in [2.24, 2.45) is 11.8 Å². The first-order valence-electron chi connectivity index (χ1n) is 15.7. The topological polar surface area (TPSA) is 170 Å². The van der Waals surface area contributed by atoms with E-state index < -0.39 is 49.3 Å². The maximum atomic E-state index is 13.0. The van der Waals surface area contributed by atoms with Crippen molar-refractivity contribution in [2.75, 3.05) is 6.54 Å². The van der Waals surface area contributed by atoms with Gasteiger partial charge in [0.1, 0.15) is 8.42 Å². The standard InChI is InChI=1S/C32H46N2O8S3/c1-3-33-27-17-21(2)44(39,40)32-26(27)19-31(43-32)45(41,42)34-30(38)14-10-5-4-9-13-24-25(29(37)20-28(24)36)16-15-23(35)18-22-11-7-6-8-12-22/h4,6-9,11-12,19,21,23-25,27-29,33,35-37H,3,5,10,13-18,20H2,1-2H3,(H,34,38)/b9-4-/t21-,23-,24-,25-,27-,28+,29-/m1/s1. The highest BCUT2D eigenvalue weighted by Gasteiger charge is 2.41. The number of hydrogen-bond acceptors (Lipinski definition) is 10. The van der Waals surface area contributed by atoms with Gasteiger partial charge in [-0.25, -0.2) is 21.6 Å². The van der Waals surface area contributed by atoms with Gasteiger partial charge in [0.25, 0.3) is 10.0 Å². The molecule has 1 aromatic heterocycles. The lowest BCUT2D eigenvalue weighted by Crippen LogP contribution is -2.33. The van der Waals surface area contributed by atoms with Crippen LogP contribution in [0.5, 0.6) is 0 Å². The molecule has 2 aliphatic rings. The van der Waals surface area contributed by atoms with Gasteiger partial charge in [-0.1, -0.05) is 49.4 Å². The number of thiophene rings is 1. The van der Waals surface area contributed by atoms with Crippen LogP contribution in [0, 0.1) is 11.8 Å². The Hall–Kier alpha value is -2.13. The number of fused-ring (bicyclic) bond motifs is 1. The molecule has 0 radical (unpaired) electrons. The Balaban J connectivity index is 1.24. The van der Waals surface area contributed by atoms with Gasteiger partial charge in [-0.3, -0.25) is 4.79 Å². The minimum atomic E-state index is -4.23. The zero-order valence-electron chi connectivity index (χ0n) is 25.8. The van der Waals surface area contributed by atoms with Crippen LogP contribution in [0.1, 0.15) is 82.4 Å². The number of amides is 1. The lowest BCUT2D eigenvalue weighted by molar-refractivity contribution is -0.119. The van der Waals surface area contributed by atoms with Crippen molar-refractivity contribution in [1.29, 1.82) is 0 Å². The second-order valence-corrected chi connectivity index (χ2v) is 17.8. The summed E-state index contributed by atoms with van der Waals surface area (Å²) in [6.45, 7) is 4.11. The van der Waals surface area contributed by atoms with Crippen molar-refractivity contribution in [3.63, 3.8) is 0 Å². The Morgan fingerprint density at radius 1 is 1.11 bits per heavy atom. The molecule has 0 spiro atoms. The number of nitrogens with one attached hydrogen (secondary N) is 2. The van der Waals surface area contributed by atoms with Crippen LogP contribution in [0.15, 0.2) is 57.0 Å². The predicted octanol–water partition coefficient (Wildman–Crippen LogP) is 3.63. The molecule has 10 nitrogen and oxygen atoms in total. The third-order valence-corrected chi connectivity index (χ3v) is 14.7. The SMILES string of the molecule is CCN[C@@H]1C[C@@H](C)S(=O)(=O)c2sc(S(=O)(=O)NC(=O)CCC/C=C\C[C@@H]3[C@@H](CC[C@@H](O)Cc4ccccc4)[C@H](O)C[C@@H]3O)cc21. The van der Waals surface area contributed by atoms with Gasteiger partial charge >= 0.3 is 0 Å². The third-order valence-electron chi connectivity index (χ3n) is 8.92. The number of carbonyl (C=O) groups is 1. The minimum absolute atomic E-state index is 0.0310. The van der Waals surface area contributed by atoms with Crippen molar-refractivity contribution >= 4 is 37.1 Å². The number of allylic oxidation sites excluding steroid dienone is 2. The summed E-state index contributed by atoms with van der Waals surface area (Å²) >= 11 is 0.683. The van der Waals surface area contributed by atoms with Crippen LogP contribution in [0.2, 0.25) is 0 Å². The molecule has 13 heteroatoms. The van der Waals surface area contributed by atoms with Crippen LogP contribution in [0.25, 0.3) is 0 Å². The quantitative estimate of drug-likeness (QED) is 0.139. The van der Waals surface area contributed by atoms with Gasteiger partial charge in [-0.15, -0.1) is 11.3 Å². The lowest BCUT2D eigenvalue weighted by Gasteiger charge is -2.27. The second kappa shape index (κ2) is 15.6. The number of unbranched alkanes of at least 4 members (excludes halogenated alkanes) is 1. The maximum absolute atomic E-state index is 13.0. The zero-order valence-corrected chi connectivity index (χ0v) is 28.3. The number of benzene rings is 1. The number of aliphatic hydroxyl groups excluding tert-OH is 3. The van der Waals surface area contributed by atoms with E-state index in [1.54, 1.807) is 6.92 Å². The van der Waals surface area contributed by atoms with Crippen LogP contribution in [-0.2, 0) is 31.1 Å². The first kappa shape index (κ1) is 35.7. The van der Waals surface area contributed by atoms with E-state index in [-0.39, 0.29) is 32.7 Å². The van der Waals surface area contributed by atoms with E-state index in [2.05, 4.69) is 10.0 Å². The van der Waals surface area contributed by atoms with Crippen molar-refractivity contribution < 1.29 is 36.9 Å². The molecular formula is C32H46N2O8S3. The van der Waals surface area contributed by atoms with Crippen LogP contribution < -0.4 is 10.0 Å². The van der Waals surface area contributed by atoms with Crippen molar-refractivity contribution in [1.82, 2.24) is 10.0 Å². The predicted molar refractivity (Wildman–Crippen MR) is 174 cm³/mol. The molecule has 0 bridgehead atoms. The molecule has 1 fully saturated rings. The Morgan fingerprint density at radius 2 is 1.82 bits per heavy atom. The highest BCUT2D eigenvalue weighted by molar-refractivity contribution is 7.95. The molecule has 1 aliphatic heterocycles. The van der Waals surface area contributed by atoms with E-state index in [9.17, 15) is 36.9 Å². The van der Waals surface area contributed by atoms with Gasteiger partial charge in [0.2, 0.25) is 5.91 Å². The fraction of sp³-hybridized carbons (Fsp3) is 0.594. The van der Waals surface area contributed by atoms with Gasteiger partial charge in [-0.05, 0) is 88.3 Å². The number of rotatable bonds is 15. The molecule has 250 valence electrons. The molecule has 0 unspecified atom stereocenters. The number of hydrogen-bond donors (Lipinski definition) is 5. The molecule has 45 heavy (non-hydrogen) atoms. The highest BCUT2D eigenvalue weighted by atomic mass is 32.3. The van der Waals surface area contributed by atoms with Crippen LogP contribution in [0.3, 0.4) is 0 Å². The molecule has 1 aromatic carbocycles. The number of sulfone groups is 1. The fourth-order valence-electron chi connectivity index (χ4n) is 6.45. The van der Waals surface area contributed by atoms with Gasteiger partial charge < -0.3 is 20.6 Å². The third kappa shape index (κ3) is 9.03. The maximum Gasteiger partial charge on any atom is 0.273 e. The summed E-state index contributed by atoms with van der Waals surface area (Å²) in [6, 6.07) is 10.8. The van der Waals surface area contributed by atoms with E-state index in [1.807, 2.05) is 49.4 Å². The molecule has 7 atom stereocenters. The van der Waals surface area contributed by atoms with Gasteiger partial charge in [0, 0.05) is 18.0 Å². The van der Waals surface area contributed by atoms with E-state index in [0.29, 0.717) is 74.8 Å². The second-order valence-electron chi connectivity index (χ2n) is 12.3. The Morgan fingerprint density at radius 3 is 2.53 bits per heavy atom. The first-order valence-corrected chi connectivity index (χ1v) is 19.6. The van der Waals surface area contributed by atoms with Crippen LogP contribution >= 0.6 is 11.3 Å². The van der Waals surface area contributed by atoms with Crippen molar-refractivity contribution in [2.45, 2.75) is 110 Å². The summed E-state index contributed by atoms with van der Waals surface area (Å²) in [5, 5.41) is 34.2. The number of aliphatic hydroxyl groups is 3. The van der Waals surface area contributed by atoms with Gasteiger partial charge in [0.15, 0.2) is 9.84 Å². The summed E-state index contributed by atoms with van der Waals surface area (Å²) in [4.78, 5) is 12.5. The van der Waals surface area contributed by atoms with Crippen molar-refractivity contribution in [3.05, 3.63) is 59.7 Å². The van der Waals surface area contributed by atoms with Crippen LogP contribution in [0.4, 0.5) is 0 Å². The van der Waals surface area contributed by atoms with Gasteiger partial charge in [-0.2, -0.15) is 0 Å². The Bertz CT molecular complexity index is 1520. The summed E-state index contributed by atoms with van der Waals surface area (Å²) in [7, 11) is -7.87. The normalized spacial score (nSPS) is 27.0. The van der Waals surface area contributed by atoms with E-state index >= 15 is 0 Å². The van der Waals surface area contributed by atoms with Crippen molar-refractivity contribution in [3.8, 4) is 0 Å². The molecule has 1 saturated carbocycles. The average Bonchev–Trinajstić information content (AvgIpc) is 3.55. The minimum Gasteiger partial charge on any atom is -0.393 e. The smallest absolute Gasteiger partial charge is 0.273 e. The highest BCUT2D eigenvalue weighted by Crippen LogP contribution is 2.43.